The van der Waals surface area contributed by atoms with Crippen molar-refractivity contribution in [3.63, 3.8) is 0 Å². The van der Waals surface area contributed by atoms with Crippen LogP contribution >= 0.6 is 0 Å². The van der Waals surface area contributed by atoms with E-state index in [1.807, 2.05) is 25.6 Å². The third kappa shape index (κ3) is 18.1. The second-order valence-corrected chi connectivity index (χ2v) is 9.69. The molecule has 35 heavy (non-hydrogen) atoms. The minimum atomic E-state index is -0.101. The number of carbonyl (C=O) groups is 2. The first-order valence-corrected chi connectivity index (χ1v) is 14.0. The Labute approximate surface area is 214 Å². The average Bonchev–Trinajstić information content (AvgIpc) is 3.38. The van der Waals surface area contributed by atoms with E-state index >= 15 is 0 Å². The Morgan fingerprint density at radius 1 is 0.829 bits per heavy atom. The molecular formula is C28H51N3O4. The molecule has 0 bridgehead atoms. The highest BCUT2D eigenvalue weighted by Gasteiger charge is 2.08. The Balaban J connectivity index is 2.17. The maximum Gasteiger partial charge on any atom is 0.306 e. The van der Waals surface area contributed by atoms with E-state index in [4.69, 9.17) is 9.47 Å². The van der Waals surface area contributed by atoms with Gasteiger partial charge in [0.1, 0.15) is 0 Å². The molecule has 7 heteroatoms. The Morgan fingerprint density at radius 3 is 1.94 bits per heavy atom. The molecule has 1 unspecified atom stereocenters. The van der Waals surface area contributed by atoms with Crippen LogP contribution in [0, 0.1) is 5.92 Å². The molecular weight excluding hydrogens is 442 g/mol. The molecule has 0 aliphatic heterocycles. The number of rotatable bonds is 23. The zero-order chi connectivity index (χ0) is 25.6. The molecule has 1 atom stereocenters. The summed E-state index contributed by atoms with van der Waals surface area (Å²) in [6.07, 6.45) is 19.0. The molecule has 202 valence electrons. The summed E-state index contributed by atoms with van der Waals surface area (Å²) >= 11 is 0. The van der Waals surface area contributed by atoms with E-state index in [0.717, 1.165) is 64.7 Å². The smallest absolute Gasteiger partial charge is 0.306 e. The maximum atomic E-state index is 11.8. The summed E-state index contributed by atoms with van der Waals surface area (Å²) in [5.74, 6) is 0.257. The van der Waals surface area contributed by atoms with Crippen LogP contribution in [0.15, 0.2) is 18.7 Å². The van der Waals surface area contributed by atoms with Crippen molar-refractivity contribution < 1.29 is 19.1 Å². The number of unbranched alkanes of at least 4 members (excludes halogenated alkanes) is 7. The fourth-order valence-corrected chi connectivity index (χ4v) is 3.93. The first-order valence-electron chi connectivity index (χ1n) is 14.0. The summed E-state index contributed by atoms with van der Waals surface area (Å²) in [5, 5.41) is 0. The van der Waals surface area contributed by atoms with E-state index in [2.05, 4.69) is 28.3 Å². The summed E-state index contributed by atoms with van der Waals surface area (Å²) in [6, 6.07) is 0. The Kier molecular flexibility index (Phi) is 19.0. The van der Waals surface area contributed by atoms with Gasteiger partial charge in [-0.05, 0) is 64.1 Å². The van der Waals surface area contributed by atoms with Gasteiger partial charge >= 0.3 is 11.9 Å². The molecule has 0 radical (unpaired) electrons. The topological polar surface area (TPSA) is 73.7 Å². The van der Waals surface area contributed by atoms with Crippen LogP contribution in [0.3, 0.4) is 0 Å². The van der Waals surface area contributed by atoms with Crippen molar-refractivity contribution in [3.05, 3.63) is 18.7 Å². The zero-order valence-electron chi connectivity index (χ0n) is 22.7. The van der Waals surface area contributed by atoms with Gasteiger partial charge in [0.2, 0.25) is 0 Å². The number of hydrogen-bond donors (Lipinski definition) is 0. The maximum absolute atomic E-state index is 11.8. The Hall–Kier alpha value is -1.89. The lowest BCUT2D eigenvalue weighted by Crippen LogP contribution is -2.27. The van der Waals surface area contributed by atoms with Crippen molar-refractivity contribution in [2.75, 3.05) is 32.8 Å². The van der Waals surface area contributed by atoms with Crippen molar-refractivity contribution in [2.24, 2.45) is 5.92 Å². The molecule has 0 aromatic carbocycles. The number of aromatic nitrogens is 2. The molecule has 0 fully saturated rings. The number of hydrogen-bond acceptors (Lipinski definition) is 6. The van der Waals surface area contributed by atoms with Crippen LogP contribution in [0.4, 0.5) is 0 Å². The molecule has 0 saturated carbocycles. The molecule has 1 aromatic rings. The highest BCUT2D eigenvalue weighted by molar-refractivity contribution is 5.69. The number of imidazole rings is 1. The number of nitrogens with zero attached hydrogens (tertiary/aromatic N) is 3. The molecule has 0 amide bonds. The van der Waals surface area contributed by atoms with E-state index in [1.165, 1.54) is 32.1 Å². The quantitative estimate of drug-likeness (QED) is 0.137. The summed E-state index contributed by atoms with van der Waals surface area (Å²) in [4.78, 5) is 29.7. The SMILES string of the molecule is CCC(=O)OCCCCCCN(CCCCCCOC(=O)CC(C)CC)CCCCn1ccnc1. The number of aryl methyl sites for hydroxylation is 1. The van der Waals surface area contributed by atoms with Crippen LogP contribution in [0.2, 0.25) is 0 Å². The van der Waals surface area contributed by atoms with Crippen LogP contribution in [-0.4, -0.2) is 59.2 Å². The number of carbonyl (C=O) groups excluding carboxylic acids is 2. The fourth-order valence-electron chi connectivity index (χ4n) is 3.93. The lowest BCUT2D eigenvalue weighted by atomic mass is 10.1. The van der Waals surface area contributed by atoms with Crippen LogP contribution in [0.25, 0.3) is 0 Å². The highest BCUT2D eigenvalue weighted by atomic mass is 16.5. The van der Waals surface area contributed by atoms with Gasteiger partial charge in [0.05, 0.1) is 19.5 Å². The standard InChI is InChI=1S/C28H51N3O4/c1-4-26(3)24-28(33)35-23-15-9-7-11-18-30(19-12-13-20-31-21-16-29-25-31)17-10-6-8-14-22-34-27(32)5-2/h16,21,25-26H,4-15,17-20,22-24H2,1-3H3. The number of esters is 2. The van der Waals surface area contributed by atoms with Gasteiger partial charge in [0.15, 0.2) is 0 Å². The van der Waals surface area contributed by atoms with Crippen molar-refractivity contribution in [3.8, 4) is 0 Å². The van der Waals surface area contributed by atoms with E-state index in [1.54, 1.807) is 0 Å². The first kappa shape index (κ1) is 31.1. The van der Waals surface area contributed by atoms with Crippen LogP contribution < -0.4 is 0 Å². The first-order chi connectivity index (χ1) is 17.0. The summed E-state index contributed by atoms with van der Waals surface area (Å²) in [5.41, 5.74) is 0. The minimum Gasteiger partial charge on any atom is -0.466 e. The molecule has 1 aromatic heterocycles. The van der Waals surface area contributed by atoms with Crippen LogP contribution in [0.1, 0.15) is 104 Å². The third-order valence-electron chi connectivity index (χ3n) is 6.46. The lowest BCUT2D eigenvalue weighted by molar-refractivity contribution is -0.145. The summed E-state index contributed by atoms with van der Waals surface area (Å²) in [6.45, 7) is 11.6. The summed E-state index contributed by atoms with van der Waals surface area (Å²) < 4.78 is 12.7. The van der Waals surface area contributed by atoms with Crippen LogP contribution in [-0.2, 0) is 25.6 Å². The van der Waals surface area contributed by atoms with Gasteiger partial charge in [-0.15, -0.1) is 0 Å². The van der Waals surface area contributed by atoms with Gasteiger partial charge in [0.25, 0.3) is 0 Å². The molecule has 0 saturated heterocycles. The molecule has 7 nitrogen and oxygen atoms in total. The Bertz CT molecular complexity index is 636. The van der Waals surface area contributed by atoms with Gasteiger partial charge in [-0.2, -0.15) is 0 Å². The van der Waals surface area contributed by atoms with Crippen molar-refractivity contribution >= 4 is 11.9 Å². The normalized spacial score (nSPS) is 12.1. The monoisotopic (exact) mass is 493 g/mol. The average molecular weight is 494 g/mol. The lowest BCUT2D eigenvalue weighted by Gasteiger charge is -2.22. The molecule has 0 aliphatic carbocycles. The fraction of sp³-hybridized carbons (Fsp3) is 0.821. The molecule has 0 aliphatic rings. The van der Waals surface area contributed by atoms with Gasteiger partial charge in [-0.3, -0.25) is 9.59 Å². The van der Waals surface area contributed by atoms with Crippen molar-refractivity contribution in [1.82, 2.24) is 14.5 Å². The van der Waals surface area contributed by atoms with Crippen LogP contribution in [0.5, 0.6) is 0 Å². The van der Waals surface area contributed by atoms with Gasteiger partial charge in [-0.1, -0.05) is 52.9 Å². The van der Waals surface area contributed by atoms with Gasteiger partial charge in [-0.25, -0.2) is 4.98 Å². The molecule has 1 rings (SSSR count). The van der Waals surface area contributed by atoms with E-state index in [9.17, 15) is 9.59 Å². The highest BCUT2D eigenvalue weighted by Crippen LogP contribution is 2.10. The van der Waals surface area contributed by atoms with Gasteiger partial charge < -0.3 is 18.9 Å². The predicted octanol–water partition coefficient (Wildman–Crippen LogP) is 6.02. The van der Waals surface area contributed by atoms with Crippen molar-refractivity contribution in [1.29, 1.82) is 0 Å². The number of ether oxygens (including phenoxy) is 2. The predicted molar refractivity (Wildman–Crippen MR) is 141 cm³/mol. The molecule has 0 spiro atoms. The van der Waals surface area contributed by atoms with E-state index in [0.29, 0.717) is 32.0 Å². The largest absolute Gasteiger partial charge is 0.466 e. The minimum absolute atomic E-state index is 0.0512. The third-order valence-corrected chi connectivity index (χ3v) is 6.46. The molecule has 0 N–H and O–H groups in total. The second kappa shape index (κ2) is 21.4. The zero-order valence-corrected chi connectivity index (χ0v) is 22.7. The van der Waals surface area contributed by atoms with Gasteiger partial charge in [0, 0.05) is 31.8 Å². The molecule has 1 heterocycles. The second-order valence-electron chi connectivity index (χ2n) is 9.69. The summed E-state index contributed by atoms with van der Waals surface area (Å²) in [7, 11) is 0. The van der Waals surface area contributed by atoms with E-state index in [-0.39, 0.29) is 11.9 Å². The Morgan fingerprint density at radius 2 is 1.40 bits per heavy atom. The van der Waals surface area contributed by atoms with Crippen molar-refractivity contribution in [2.45, 2.75) is 111 Å². The van der Waals surface area contributed by atoms with E-state index < -0.39 is 0 Å².